The molecule has 29 heavy (non-hydrogen) atoms. The molecule has 0 amide bonds. The van der Waals surface area contributed by atoms with Crippen molar-refractivity contribution < 1.29 is 36.7 Å². The van der Waals surface area contributed by atoms with Crippen LogP contribution in [0.3, 0.4) is 0 Å². The zero-order valence-electron chi connectivity index (χ0n) is 19.2. The van der Waals surface area contributed by atoms with Crippen LogP contribution in [0.5, 0.6) is 0 Å². The Bertz CT molecular complexity index is 393. The van der Waals surface area contributed by atoms with Gasteiger partial charge in [0.2, 0.25) is 0 Å². The van der Waals surface area contributed by atoms with Crippen LogP contribution in [0.4, 0.5) is 0 Å². The highest BCUT2D eigenvalue weighted by molar-refractivity contribution is 6.71. The van der Waals surface area contributed by atoms with Crippen molar-refractivity contribution in [1.29, 1.82) is 0 Å². The molecule has 2 aliphatic heterocycles. The summed E-state index contributed by atoms with van der Waals surface area (Å²) >= 11 is 0. The highest BCUT2D eigenvalue weighted by Gasteiger charge is 2.37. The summed E-state index contributed by atoms with van der Waals surface area (Å²) in [5.41, 5.74) is 0. The van der Waals surface area contributed by atoms with Crippen LogP contribution in [-0.2, 0) is 36.7 Å². The third-order valence-electron chi connectivity index (χ3n) is 4.72. The van der Waals surface area contributed by atoms with Crippen LogP contribution in [0, 0.1) is 0 Å². The molecule has 0 aromatic heterocycles. The fourth-order valence-electron chi connectivity index (χ4n) is 2.77. The van der Waals surface area contributed by atoms with Crippen molar-refractivity contribution in [2.24, 2.45) is 0 Å². The van der Waals surface area contributed by atoms with E-state index < -0.39 is 17.1 Å². The van der Waals surface area contributed by atoms with Crippen LogP contribution in [0.25, 0.3) is 0 Å². The Hall–Kier alpha value is 0.114. The van der Waals surface area contributed by atoms with Crippen molar-refractivity contribution in [3.05, 3.63) is 0 Å². The molecule has 0 saturated carbocycles. The smallest absolute Gasteiger partial charge is 0.418 e. The summed E-state index contributed by atoms with van der Waals surface area (Å²) in [6.07, 6.45) is 2.73. The predicted molar refractivity (Wildman–Crippen MR) is 116 cm³/mol. The summed E-state index contributed by atoms with van der Waals surface area (Å²) < 4.78 is 42.6. The molecule has 2 atom stereocenters. The molecule has 2 heterocycles. The van der Waals surface area contributed by atoms with Crippen LogP contribution in [0.2, 0.25) is 25.2 Å². The molecule has 2 unspecified atom stereocenters. The van der Waals surface area contributed by atoms with Crippen molar-refractivity contribution in [2.45, 2.75) is 57.2 Å². The van der Waals surface area contributed by atoms with Gasteiger partial charge in [0.1, 0.15) is 12.2 Å². The van der Waals surface area contributed by atoms with Crippen LogP contribution in [-0.4, -0.2) is 96.9 Å². The number of hydrogen-bond acceptors (Lipinski definition) is 8. The standard InChI is InChI=1S/C10H22O3Si.C9H20O5Si/c1-4-13-14(2,3)7-5-6-11-8-10-9-12-10;1-10-15(11-2,12-3)6-4-5-13-7-9-8-14-9/h10H,4-9H2,1-3H3;9H,4-8H2,1-3H3. The van der Waals surface area contributed by atoms with Crippen molar-refractivity contribution >= 4 is 17.1 Å². The molecule has 0 N–H and O–H groups in total. The molecule has 2 aliphatic rings. The minimum absolute atomic E-state index is 0.333. The first kappa shape index (κ1) is 27.1. The fraction of sp³-hybridized carbons (Fsp3) is 1.00. The van der Waals surface area contributed by atoms with Gasteiger partial charge >= 0.3 is 8.80 Å². The minimum Gasteiger partial charge on any atom is -0.418 e. The van der Waals surface area contributed by atoms with Crippen LogP contribution in [0.1, 0.15) is 19.8 Å². The summed E-state index contributed by atoms with van der Waals surface area (Å²) in [5, 5.41) is 0. The third-order valence-corrected chi connectivity index (χ3v) is 10.2. The monoisotopic (exact) mass is 454 g/mol. The van der Waals surface area contributed by atoms with E-state index in [9.17, 15) is 0 Å². The van der Waals surface area contributed by atoms with Gasteiger partial charge in [-0.3, -0.25) is 0 Å². The van der Waals surface area contributed by atoms with Gasteiger partial charge < -0.3 is 36.7 Å². The molecule has 2 fully saturated rings. The molecule has 0 aromatic carbocycles. The number of ether oxygens (including phenoxy) is 4. The van der Waals surface area contributed by atoms with Crippen LogP contribution >= 0.6 is 0 Å². The Kier molecular flexibility index (Phi) is 14.0. The van der Waals surface area contributed by atoms with E-state index >= 15 is 0 Å². The molecule has 0 spiro atoms. The van der Waals surface area contributed by atoms with Crippen LogP contribution < -0.4 is 0 Å². The second-order valence-corrected chi connectivity index (χ2v) is 15.2. The Labute approximate surface area is 178 Å². The first-order valence-corrected chi connectivity index (χ1v) is 15.6. The maximum atomic E-state index is 5.73. The first-order valence-electron chi connectivity index (χ1n) is 10.6. The van der Waals surface area contributed by atoms with Gasteiger partial charge in [0, 0.05) is 47.2 Å². The van der Waals surface area contributed by atoms with Gasteiger partial charge in [-0.1, -0.05) is 0 Å². The molecule has 8 nitrogen and oxygen atoms in total. The van der Waals surface area contributed by atoms with E-state index in [1.54, 1.807) is 21.3 Å². The van der Waals surface area contributed by atoms with E-state index in [0.717, 1.165) is 51.9 Å². The van der Waals surface area contributed by atoms with Gasteiger partial charge in [-0.15, -0.1) is 0 Å². The maximum absolute atomic E-state index is 5.73. The lowest BCUT2D eigenvalue weighted by atomic mass is 10.5. The van der Waals surface area contributed by atoms with Crippen molar-refractivity contribution in [3.8, 4) is 0 Å². The van der Waals surface area contributed by atoms with Gasteiger partial charge in [-0.05, 0) is 38.9 Å². The van der Waals surface area contributed by atoms with E-state index in [1.165, 1.54) is 6.04 Å². The zero-order chi connectivity index (χ0) is 21.6. The molecule has 0 aliphatic carbocycles. The quantitative estimate of drug-likeness (QED) is 0.189. The minimum atomic E-state index is -2.39. The molecular weight excluding hydrogens is 412 g/mol. The van der Waals surface area contributed by atoms with E-state index in [4.69, 9.17) is 36.7 Å². The molecule has 0 aromatic rings. The van der Waals surface area contributed by atoms with Gasteiger partial charge in [-0.2, -0.15) is 0 Å². The molecule has 174 valence electrons. The average Bonchev–Trinajstić information content (AvgIpc) is 3.61. The molecule has 10 heteroatoms. The van der Waals surface area contributed by atoms with Gasteiger partial charge in [-0.25, -0.2) is 0 Å². The lowest BCUT2D eigenvalue weighted by molar-refractivity contribution is 0.100. The van der Waals surface area contributed by atoms with Crippen molar-refractivity contribution in [2.75, 3.05) is 67.6 Å². The van der Waals surface area contributed by atoms with E-state index in [1.807, 2.05) is 0 Å². The second-order valence-electron chi connectivity index (χ2n) is 7.76. The summed E-state index contributed by atoms with van der Waals surface area (Å²) in [6.45, 7) is 12.2. The largest absolute Gasteiger partial charge is 0.500 e. The topological polar surface area (TPSA) is 80.4 Å². The normalized spacial score (nSPS) is 20.9. The zero-order valence-corrected chi connectivity index (χ0v) is 21.2. The Morgan fingerprint density at radius 1 is 0.793 bits per heavy atom. The van der Waals surface area contributed by atoms with Crippen molar-refractivity contribution in [1.82, 2.24) is 0 Å². The molecule has 2 rings (SSSR count). The second kappa shape index (κ2) is 15.0. The summed E-state index contributed by atoms with van der Waals surface area (Å²) in [5.74, 6) is 0. The van der Waals surface area contributed by atoms with Crippen LogP contribution in [0.15, 0.2) is 0 Å². The molecule has 0 bridgehead atoms. The number of hydrogen-bond donors (Lipinski definition) is 0. The maximum Gasteiger partial charge on any atom is 0.500 e. The molecule has 2 saturated heterocycles. The highest BCUT2D eigenvalue weighted by atomic mass is 28.4. The molecular formula is C19H42O8Si2. The van der Waals surface area contributed by atoms with Gasteiger partial charge in [0.05, 0.1) is 26.4 Å². The molecule has 0 radical (unpaired) electrons. The van der Waals surface area contributed by atoms with E-state index in [-0.39, 0.29) is 0 Å². The SMILES string of the molecule is CCO[Si](C)(C)CCCOCC1CO1.CO[Si](CCCOCC1CO1)(OC)OC. The summed E-state index contributed by atoms with van der Waals surface area (Å²) in [6, 6.07) is 1.97. The first-order chi connectivity index (χ1) is 13.9. The van der Waals surface area contributed by atoms with Gasteiger partial charge in [0.15, 0.2) is 8.32 Å². The highest BCUT2D eigenvalue weighted by Crippen LogP contribution is 2.16. The number of epoxide rings is 2. The van der Waals surface area contributed by atoms with E-state index in [2.05, 4.69) is 20.0 Å². The fourth-order valence-corrected chi connectivity index (χ4v) is 6.38. The predicted octanol–water partition coefficient (Wildman–Crippen LogP) is 2.70. The van der Waals surface area contributed by atoms with Gasteiger partial charge in [0.25, 0.3) is 0 Å². The third kappa shape index (κ3) is 13.9. The average molecular weight is 455 g/mol. The lowest BCUT2D eigenvalue weighted by Crippen LogP contribution is -2.42. The Morgan fingerprint density at radius 2 is 1.24 bits per heavy atom. The summed E-state index contributed by atoms with van der Waals surface area (Å²) in [4.78, 5) is 0. The summed E-state index contributed by atoms with van der Waals surface area (Å²) in [7, 11) is 1.10. The Balaban J connectivity index is 0.000000291. The number of rotatable bonds is 17. The Morgan fingerprint density at radius 3 is 1.62 bits per heavy atom. The van der Waals surface area contributed by atoms with E-state index in [0.29, 0.717) is 25.4 Å². The van der Waals surface area contributed by atoms with Crippen molar-refractivity contribution in [3.63, 3.8) is 0 Å². The lowest BCUT2D eigenvalue weighted by Gasteiger charge is -2.24.